The molecule has 4 nitrogen and oxygen atoms in total. The van der Waals surface area contributed by atoms with Crippen molar-refractivity contribution in [3.63, 3.8) is 0 Å². The van der Waals surface area contributed by atoms with E-state index in [2.05, 4.69) is 22.0 Å². The fourth-order valence-corrected chi connectivity index (χ4v) is 3.30. The molecule has 1 atom stereocenters. The number of nitrogens with one attached hydrogen (secondary N) is 3. The van der Waals surface area contributed by atoms with Gasteiger partial charge in [-0.05, 0) is 68.4 Å². The van der Waals surface area contributed by atoms with Gasteiger partial charge in [0.1, 0.15) is 5.82 Å². The van der Waals surface area contributed by atoms with Crippen molar-refractivity contribution in [3.8, 4) is 0 Å². The number of thiocarbonyl (C=S) groups is 1. The number of hydrogen-bond acceptors (Lipinski definition) is 2. The monoisotopic (exact) mass is 369 g/mol. The summed E-state index contributed by atoms with van der Waals surface area (Å²) >= 11 is 5.29. The first-order valence-corrected chi connectivity index (χ1v) is 8.68. The molecule has 1 heterocycles. The second-order valence-corrected chi connectivity index (χ2v) is 6.80. The maximum atomic E-state index is 13.1. The van der Waals surface area contributed by atoms with Crippen LogP contribution in [0.25, 0.3) is 0 Å². The topological polar surface area (TPSA) is 53.2 Å². The van der Waals surface area contributed by atoms with E-state index in [1.165, 1.54) is 24.3 Å². The van der Waals surface area contributed by atoms with Crippen LogP contribution in [0.2, 0.25) is 0 Å². The van der Waals surface area contributed by atoms with Crippen LogP contribution in [0.4, 0.5) is 10.1 Å². The van der Waals surface area contributed by atoms with Gasteiger partial charge in [-0.2, -0.15) is 0 Å². The van der Waals surface area contributed by atoms with Crippen molar-refractivity contribution in [2.75, 3.05) is 5.32 Å². The standard InChI is InChI=1S/C20H20FN3OS/c1-11-4-5-12(2)16(10-11)18-17(13(3)22-20(26)24-18)19(25)23-15-8-6-14(21)7-9-15/h4-10,18H,1-3H3,(H,23,25)(H2,22,24,26)/t18-/m0/s1. The van der Waals surface area contributed by atoms with E-state index in [4.69, 9.17) is 12.2 Å². The molecule has 0 aromatic heterocycles. The molecule has 3 rings (SSSR count). The summed E-state index contributed by atoms with van der Waals surface area (Å²) in [6, 6.07) is 11.4. The summed E-state index contributed by atoms with van der Waals surface area (Å²) in [6.07, 6.45) is 0. The maximum Gasteiger partial charge on any atom is 0.255 e. The Morgan fingerprint density at radius 2 is 1.81 bits per heavy atom. The normalized spacial score (nSPS) is 16.8. The van der Waals surface area contributed by atoms with E-state index in [0.29, 0.717) is 22.1 Å². The van der Waals surface area contributed by atoms with Gasteiger partial charge in [-0.25, -0.2) is 4.39 Å². The number of carbonyl (C=O) groups is 1. The molecule has 2 aromatic rings. The third kappa shape index (κ3) is 3.75. The lowest BCUT2D eigenvalue weighted by molar-refractivity contribution is -0.113. The zero-order valence-electron chi connectivity index (χ0n) is 14.8. The average Bonchev–Trinajstić information content (AvgIpc) is 2.58. The zero-order chi connectivity index (χ0) is 18.8. The lowest BCUT2D eigenvalue weighted by Gasteiger charge is -2.31. The smallest absolute Gasteiger partial charge is 0.255 e. The van der Waals surface area contributed by atoms with Crippen molar-refractivity contribution in [2.24, 2.45) is 0 Å². The van der Waals surface area contributed by atoms with Crippen LogP contribution in [-0.2, 0) is 4.79 Å². The molecule has 0 unspecified atom stereocenters. The van der Waals surface area contributed by atoms with Crippen LogP contribution < -0.4 is 16.0 Å². The van der Waals surface area contributed by atoms with Crippen LogP contribution in [0.3, 0.4) is 0 Å². The summed E-state index contributed by atoms with van der Waals surface area (Å²) in [5.74, 6) is -0.611. The molecule has 0 aliphatic carbocycles. The van der Waals surface area contributed by atoms with Gasteiger partial charge in [0.15, 0.2) is 5.11 Å². The Morgan fingerprint density at radius 3 is 2.50 bits per heavy atom. The quantitative estimate of drug-likeness (QED) is 0.719. The Morgan fingerprint density at radius 1 is 1.12 bits per heavy atom. The molecule has 3 N–H and O–H groups in total. The number of allylic oxidation sites excluding steroid dienone is 1. The second kappa shape index (κ2) is 7.25. The van der Waals surface area contributed by atoms with Gasteiger partial charge in [-0.3, -0.25) is 4.79 Å². The van der Waals surface area contributed by atoms with Crippen LogP contribution in [0.15, 0.2) is 53.7 Å². The molecule has 2 aromatic carbocycles. The molecule has 0 saturated heterocycles. The summed E-state index contributed by atoms with van der Waals surface area (Å²) < 4.78 is 13.1. The molecule has 0 radical (unpaired) electrons. The molecule has 0 bridgehead atoms. The average molecular weight is 369 g/mol. The van der Waals surface area contributed by atoms with Crippen molar-refractivity contribution in [3.05, 3.63) is 76.2 Å². The summed E-state index contributed by atoms with van der Waals surface area (Å²) in [6.45, 7) is 5.84. The Kier molecular flexibility index (Phi) is 5.04. The Hall–Kier alpha value is -2.73. The molecule has 1 aliphatic rings. The number of amides is 1. The van der Waals surface area contributed by atoms with E-state index in [-0.39, 0.29) is 17.8 Å². The van der Waals surface area contributed by atoms with Gasteiger partial charge in [0.25, 0.3) is 5.91 Å². The molecule has 0 saturated carbocycles. The third-order valence-electron chi connectivity index (χ3n) is 4.36. The van der Waals surface area contributed by atoms with Crippen molar-refractivity contribution in [1.29, 1.82) is 0 Å². The van der Waals surface area contributed by atoms with E-state index >= 15 is 0 Å². The van der Waals surface area contributed by atoms with Gasteiger partial charge >= 0.3 is 0 Å². The van der Waals surface area contributed by atoms with Gasteiger partial charge in [0, 0.05) is 11.4 Å². The predicted molar refractivity (Wildman–Crippen MR) is 105 cm³/mol. The first kappa shape index (κ1) is 18.1. The van der Waals surface area contributed by atoms with Crippen LogP contribution >= 0.6 is 12.2 Å². The van der Waals surface area contributed by atoms with Crippen molar-refractivity contribution in [1.82, 2.24) is 10.6 Å². The van der Waals surface area contributed by atoms with E-state index < -0.39 is 0 Å². The van der Waals surface area contributed by atoms with Crippen molar-refractivity contribution >= 4 is 28.9 Å². The highest BCUT2D eigenvalue weighted by Crippen LogP contribution is 2.30. The summed E-state index contributed by atoms with van der Waals surface area (Å²) in [4.78, 5) is 13.0. The van der Waals surface area contributed by atoms with Gasteiger partial charge in [-0.1, -0.05) is 23.8 Å². The third-order valence-corrected chi connectivity index (χ3v) is 4.58. The minimum absolute atomic E-state index is 0.262. The van der Waals surface area contributed by atoms with Gasteiger partial charge in [0.05, 0.1) is 11.6 Å². The summed E-state index contributed by atoms with van der Waals surface area (Å²) in [7, 11) is 0. The van der Waals surface area contributed by atoms with E-state index in [9.17, 15) is 9.18 Å². The number of hydrogen-bond donors (Lipinski definition) is 3. The highest BCUT2D eigenvalue weighted by molar-refractivity contribution is 7.80. The minimum Gasteiger partial charge on any atom is -0.351 e. The molecule has 0 fully saturated rings. The summed E-state index contributed by atoms with van der Waals surface area (Å²) in [5.41, 5.74) is 4.95. The molecule has 0 spiro atoms. The largest absolute Gasteiger partial charge is 0.351 e. The van der Waals surface area contributed by atoms with Crippen LogP contribution in [0.1, 0.15) is 29.7 Å². The van der Waals surface area contributed by atoms with Crippen LogP contribution in [0.5, 0.6) is 0 Å². The molecular formula is C20H20FN3OS. The molecular weight excluding hydrogens is 349 g/mol. The molecule has 134 valence electrons. The highest BCUT2D eigenvalue weighted by Gasteiger charge is 2.30. The lowest BCUT2D eigenvalue weighted by Crippen LogP contribution is -2.46. The van der Waals surface area contributed by atoms with Gasteiger partial charge in [0.2, 0.25) is 0 Å². The Labute approximate surface area is 157 Å². The Balaban J connectivity index is 1.98. The number of aryl methyl sites for hydroxylation is 2. The SMILES string of the molecule is CC1=C(C(=O)Nc2ccc(F)cc2)[C@H](c2cc(C)ccc2C)NC(=S)N1. The maximum absolute atomic E-state index is 13.1. The number of rotatable bonds is 3. The number of halogens is 1. The first-order chi connectivity index (χ1) is 12.3. The van der Waals surface area contributed by atoms with Crippen LogP contribution in [-0.4, -0.2) is 11.0 Å². The molecule has 1 amide bonds. The van der Waals surface area contributed by atoms with E-state index in [0.717, 1.165) is 16.7 Å². The minimum atomic E-state index is -0.357. The van der Waals surface area contributed by atoms with Gasteiger partial charge < -0.3 is 16.0 Å². The lowest BCUT2D eigenvalue weighted by atomic mass is 9.91. The number of anilines is 1. The van der Waals surface area contributed by atoms with Gasteiger partial charge in [-0.15, -0.1) is 0 Å². The molecule has 6 heteroatoms. The fraction of sp³-hybridized carbons (Fsp3) is 0.200. The highest BCUT2D eigenvalue weighted by atomic mass is 32.1. The fourth-order valence-electron chi connectivity index (χ4n) is 3.03. The molecule has 1 aliphatic heterocycles. The predicted octanol–water partition coefficient (Wildman–Crippen LogP) is 3.87. The number of benzene rings is 2. The van der Waals surface area contributed by atoms with Crippen molar-refractivity contribution in [2.45, 2.75) is 26.8 Å². The number of carbonyl (C=O) groups excluding carboxylic acids is 1. The molecule has 26 heavy (non-hydrogen) atoms. The Bertz CT molecular complexity index is 906. The summed E-state index contributed by atoms with van der Waals surface area (Å²) in [5, 5.41) is 9.53. The second-order valence-electron chi connectivity index (χ2n) is 6.39. The van der Waals surface area contributed by atoms with Crippen molar-refractivity contribution < 1.29 is 9.18 Å². The first-order valence-electron chi connectivity index (χ1n) is 8.27. The van der Waals surface area contributed by atoms with Crippen LogP contribution in [0, 0.1) is 19.7 Å². The van der Waals surface area contributed by atoms with E-state index in [1.54, 1.807) is 0 Å². The zero-order valence-corrected chi connectivity index (χ0v) is 15.6. The van der Waals surface area contributed by atoms with E-state index in [1.807, 2.05) is 32.9 Å².